The van der Waals surface area contributed by atoms with E-state index in [4.69, 9.17) is 0 Å². The molecular formula is C11H16N4. The van der Waals surface area contributed by atoms with Crippen LogP contribution in [-0.2, 0) is 20.1 Å². The molecule has 4 heteroatoms. The van der Waals surface area contributed by atoms with Crippen molar-refractivity contribution in [3.63, 3.8) is 0 Å². The Bertz CT molecular complexity index is 427. The van der Waals surface area contributed by atoms with Gasteiger partial charge in [-0.25, -0.2) is 0 Å². The van der Waals surface area contributed by atoms with Crippen LogP contribution in [0.15, 0.2) is 30.6 Å². The van der Waals surface area contributed by atoms with Gasteiger partial charge in [0.2, 0.25) is 0 Å². The van der Waals surface area contributed by atoms with E-state index in [1.807, 2.05) is 19.3 Å². The molecule has 0 aromatic carbocycles. The summed E-state index contributed by atoms with van der Waals surface area (Å²) in [6.07, 6.45) is 4.02. The van der Waals surface area contributed by atoms with Crippen molar-refractivity contribution in [2.45, 2.75) is 20.0 Å². The van der Waals surface area contributed by atoms with Gasteiger partial charge in [-0.3, -0.25) is 4.68 Å². The summed E-state index contributed by atoms with van der Waals surface area (Å²) in [6, 6.07) is 6.16. The molecule has 0 saturated heterocycles. The summed E-state index contributed by atoms with van der Waals surface area (Å²) in [4.78, 5) is 0. The van der Waals surface area contributed by atoms with Crippen molar-refractivity contribution in [3.05, 3.63) is 36.3 Å². The lowest BCUT2D eigenvalue weighted by Gasteiger charge is -2.06. The average molecular weight is 204 g/mol. The van der Waals surface area contributed by atoms with Gasteiger partial charge in [0.15, 0.2) is 0 Å². The topological polar surface area (TPSA) is 34.8 Å². The molecule has 0 radical (unpaired) electrons. The number of aryl methyl sites for hydroxylation is 2. The second-order valence-electron chi connectivity index (χ2n) is 3.51. The van der Waals surface area contributed by atoms with Gasteiger partial charge in [0.25, 0.3) is 0 Å². The lowest BCUT2D eigenvalue weighted by Crippen LogP contribution is -2.06. The fourth-order valence-corrected chi connectivity index (χ4v) is 1.61. The van der Waals surface area contributed by atoms with E-state index in [2.05, 4.69) is 40.2 Å². The molecule has 0 aliphatic carbocycles. The van der Waals surface area contributed by atoms with Crippen molar-refractivity contribution in [2.24, 2.45) is 7.05 Å². The van der Waals surface area contributed by atoms with Crippen LogP contribution in [0.4, 0.5) is 5.82 Å². The number of hydrogen-bond donors (Lipinski definition) is 1. The Labute approximate surface area is 89.5 Å². The third-order valence-electron chi connectivity index (χ3n) is 2.43. The molecule has 0 bridgehead atoms. The maximum Gasteiger partial charge on any atom is 0.148 e. The summed E-state index contributed by atoms with van der Waals surface area (Å²) in [6.45, 7) is 3.97. The summed E-state index contributed by atoms with van der Waals surface area (Å²) in [5.74, 6) is 0.918. The van der Waals surface area contributed by atoms with E-state index in [-0.39, 0.29) is 0 Å². The second kappa shape index (κ2) is 4.21. The van der Waals surface area contributed by atoms with Gasteiger partial charge in [-0.2, -0.15) is 5.10 Å². The maximum absolute atomic E-state index is 4.26. The van der Waals surface area contributed by atoms with Gasteiger partial charge in [0, 0.05) is 37.7 Å². The molecule has 15 heavy (non-hydrogen) atoms. The predicted octanol–water partition coefficient (Wildman–Crippen LogP) is 1.85. The third-order valence-corrected chi connectivity index (χ3v) is 2.43. The zero-order chi connectivity index (χ0) is 10.7. The van der Waals surface area contributed by atoms with Gasteiger partial charge in [0.1, 0.15) is 5.82 Å². The lowest BCUT2D eigenvalue weighted by atomic mass is 10.4. The quantitative estimate of drug-likeness (QED) is 0.825. The summed E-state index contributed by atoms with van der Waals surface area (Å²) in [5, 5.41) is 7.55. The van der Waals surface area contributed by atoms with Crippen LogP contribution in [-0.4, -0.2) is 14.3 Å². The second-order valence-corrected chi connectivity index (χ2v) is 3.51. The number of hydrogen-bond acceptors (Lipinski definition) is 2. The Morgan fingerprint density at radius 3 is 2.87 bits per heavy atom. The highest BCUT2D eigenvalue weighted by Crippen LogP contribution is 2.06. The molecule has 0 fully saturated rings. The fraction of sp³-hybridized carbons (Fsp3) is 0.364. The number of nitrogens with one attached hydrogen (secondary N) is 1. The SMILES string of the molecule is CCn1cccc1CNc1ccn(C)n1. The molecule has 0 aliphatic heterocycles. The molecular weight excluding hydrogens is 188 g/mol. The third kappa shape index (κ3) is 2.21. The van der Waals surface area contributed by atoms with Crippen LogP contribution in [0.5, 0.6) is 0 Å². The lowest BCUT2D eigenvalue weighted by molar-refractivity contribution is 0.720. The largest absolute Gasteiger partial charge is 0.363 e. The van der Waals surface area contributed by atoms with E-state index in [0.717, 1.165) is 18.9 Å². The van der Waals surface area contributed by atoms with E-state index in [0.29, 0.717) is 0 Å². The molecule has 0 atom stereocenters. The highest BCUT2D eigenvalue weighted by atomic mass is 15.3. The number of anilines is 1. The monoisotopic (exact) mass is 204 g/mol. The molecule has 2 aromatic heterocycles. The Kier molecular flexibility index (Phi) is 2.76. The molecule has 0 aliphatic rings. The predicted molar refractivity (Wildman–Crippen MR) is 60.6 cm³/mol. The zero-order valence-electron chi connectivity index (χ0n) is 9.14. The minimum Gasteiger partial charge on any atom is -0.363 e. The van der Waals surface area contributed by atoms with Crippen molar-refractivity contribution < 1.29 is 0 Å². The summed E-state index contributed by atoms with van der Waals surface area (Å²) < 4.78 is 4.01. The summed E-state index contributed by atoms with van der Waals surface area (Å²) in [5.41, 5.74) is 1.28. The van der Waals surface area contributed by atoms with Gasteiger partial charge in [-0.05, 0) is 19.1 Å². The summed E-state index contributed by atoms with van der Waals surface area (Å²) in [7, 11) is 1.92. The van der Waals surface area contributed by atoms with Gasteiger partial charge >= 0.3 is 0 Å². The van der Waals surface area contributed by atoms with Crippen LogP contribution >= 0.6 is 0 Å². The van der Waals surface area contributed by atoms with Crippen LogP contribution in [0.25, 0.3) is 0 Å². The van der Waals surface area contributed by atoms with Gasteiger partial charge in [-0.1, -0.05) is 0 Å². The molecule has 1 N–H and O–H groups in total. The molecule has 0 amide bonds. The number of nitrogens with zero attached hydrogens (tertiary/aromatic N) is 3. The molecule has 2 rings (SSSR count). The van der Waals surface area contributed by atoms with E-state index in [1.54, 1.807) is 4.68 Å². The van der Waals surface area contributed by atoms with E-state index < -0.39 is 0 Å². The van der Waals surface area contributed by atoms with E-state index in [9.17, 15) is 0 Å². The Hall–Kier alpha value is -1.71. The smallest absolute Gasteiger partial charge is 0.148 e. The van der Waals surface area contributed by atoms with Crippen molar-refractivity contribution in [3.8, 4) is 0 Å². The Balaban J connectivity index is 1.98. The Morgan fingerprint density at radius 2 is 2.20 bits per heavy atom. The molecule has 0 unspecified atom stereocenters. The molecule has 4 nitrogen and oxygen atoms in total. The normalized spacial score (nSPS) is 10.5. The van der Waals surface area contributed by atoms with Crippen LogP contribution in [0.2, 0.25) is 0 Å². The van der Waals surface area contributed by atoms with E-state index in [1.165, 1.54) is 5.69 Å². The highest BCUT2D eigenvalue weighted by Gasteiger charge is 2.00. The average Bonchev–Trinajstić information content (AvgIpc) is 2.83. The van der Waals surface area contributed by atoms with Gasteiger partial charge in [-0.15, -0.1) is 0 Å². The van der Waals surface area contributed by atoms with Crippen molar-refractivity contribution in [2.75, 3.05) is 5.32 Å². The molecule has 2 aromatic rings. The Morgan fingerprint density at radius 1 is 1.33 bits per heavy atom. The molecule has 80 valence electrons. The first kappa shape index (κ1) is 9.83. The fourth-order valence-electron chi connectivity index (χ4n) is 1.61. The maximum atomic E-state index is 4.26. The number of aromatic nitrogens is 3. The summed E-state index contributed by atoms with van der Waals surface area (Å²) >= 11 is 0. The minimum atomic E-state index is 0.817. The van der Waals surface area contributed by atoms with Gasteiger partial charge in [0.05, 0.1) is 6.54 Å². The highest BCUT2D eigenvalue weighted by molar-refractivity contribution is 5.32. The first-order valence-electron chi connectivity index (χ1n) is 5.17. The van der Waals surface area contributed by atoms with Crippen LogP contribution in [0, 0.1) is 0 Å². The number of rotatable bonds is 4. The van der Waals surface area contributed by atoms with Gasteiger partial charge < -0.3 is 9.88 Å². The standard InChI is InChI=1S/C11H16N4/c1-3-15-7-4-5-10(15)9-12-11-6-8-14(2)13-11/h4-8H,3,9H2,1-2H3,(H,12,13). The van der Waals surface area contributed by atoms with E-state index >= 15 is 0 Å². The first-order valence-corrected chi connectivity index (χ1v) is 5.17. The first-order chi connectivity index (χ1) is 7.29. The minimum absolute atomic E-state index is 0.817. The molecule has 2 heterocycles. The zero-order valence-corrected chi connectivity index (χ0v) is 9.14. The molecule has 0 saturated carbocycles. The van der Waals surface area contributed by atoms with Crippen LogP contribution < -0.4 is 5.32 Å². The van der Waals surface area contributed by atoms with Crippen LogP contribution in [0.3, 0.4) is 0 Å². The van der Waals surface area contributed by atoms with Crippen molar-refractivity contribution >= 4 is 5.82 Å². The van der Waals surface area contributed by atoms with Crippen molar-refractivity contribution in [1.82, 2.24) is 14.3 Å². The van der Waals surface area contributed by atoms with Crippen LogP contribution in [0.1, 0.15) is 12.6 Å². The van der Waals surface area contributed by atoms with Crippen molar-refractivity contribution in [1.29, 1.82) is 0 Å². The molecule has 0 spiro atoms.